The fraction of sp³-hybridized carbons (Fsp3) is 0.769. The zero-order valence-corrected chi connectivity index (χ0v) is 11.3. The van der Waals surface area contributed by atoms with Crippen LogP contribution in [0.4, 0.5) is 0 Å². The van der Waals surface area contributed by atoms with Crippen molar-refractivity contribution in [1.82, 2.24) is 9.78 Å². The number of hydrogen-bond acceptors (Lipinski definition) is 3. The minimum Gasteiger partial charge on any atom is -0.396 e. The Morgan fingerprint density at radius 1 is 1.53 bits per heavy atom. The summed E-state index contributed by atoms with van der Waals surface area (Å²) in [4.78, 5) is 0. The van der Waals surface area contributed by atoms with Crippen LogP contribution in [0.5, 0.6) is 0 Å². The van der Waals surface area contributed by atoms with Gasteiger partial charge in [0.05, 0.1) is 11.7 Å². The van der Waals surface area contributed by atoms with E-state index in [2.05, 4.69) is 29.0 Å². The summed E-state index contributed by atoms with van der Waals surface area (Å²) in [5.41, 5.74) is 1.17. The van der Waals surface area contributed by atoms with Crippen LogP contribution in [0.25, 0.3) is 0 Å². The second kappa shape index (κ2) is 6.45. The topological polar surface area (TPSA) is 38.0 Å². The highest BCUT2D eigenvalue weighted by atomic mass is 32.2. The Morgan fingerprint density at radius 2 is 2.29 bits per heavy atom. The molecular weight excluding hydrogens is 232 g/mol. The van der Waals surface area contributed by atoms with Gasteiger partial charge in [0.1, 0.15) is 0 Å². The maximum Gasteiger partial charge on any atom is 0.0723 e. The monoisotopic (exact) mass is 254 g/mol. The minimum atomic E-state index is 0.282. The molecule has 4 heteroatoms. The maximum atomic E-state index is 8.85. The first-order valence-corrected chi connectivity index (χ1v) is 7.61. The molecular formula is C13H22N2OS. The van der Waals surface area contributed by atoms with Gasteiger partial charge in [-0.3, -0.25) is 4.68 Å². The number of aromatic nitrogens is 2. The molecule has 1 N–H and O–H groups in total. The number of aliphatic hydroxyl groups is 1. The Kier molecular flexibility index (Phi) is 4.92. The lowest BCUT2D eigenvalue weighted by molar-refractivity contribution is 0.289. The van der Waals surface area contributed by atoms with Crippen molar-refractivity contribution in [3.8, 4) is 0 Å². The van der Waals surface area contributed by atoms with Crippen molar-refractivity contribution < 1.29 is 5.11 Å². The van der Waals surface area contributed by atoms with Crippen LogP contribution < -0.4 is 0 Å². The molecule has 1 aliphatic rings. The van der Waals surface area contributed by atoms with Gasteiger partial charge < -0.3 is 5.11 Å². The molecule has 3 nitrogen and oxygen atoms in total. The first-order valence-electron chi connectivity index (χ1n) is 6.56. The van der Waals surface area contributed by atoms with Crippen molar-refractivity contribution in [2.75, 3.05) is 6.61 Å². The van der Waals surface area contributed by atoms with Crippen molar-refractivity contribution in [3.05, 3.63) is 18.0 Å². The lowest BCUT2D eigenvalue weighted by atomic mass is 10.3. The van der Waals surface area contributed by atoms with Crippen LogP contribution in [-0.2, 0) is 5.75 Å². The summed E-state index contributed by atoms with van der Waals surface area (Å²) >= 11 is 1.87. The Hall–Kier alpha value is -0.480. The summed E-state index contributed by atoms with van der Waals surface area (Å²) in [6, 6.07) is 2.78. The third-order valence-electron chi connectivity index (χ3n) is 3.41. The predicted octanol–water partition coefficient (Wildman–Crippen LogP) is 3.00. The molecule has 1 fully saturated rings. The molecule has 0 amide bonds. The van der Waals surface area contributed by atoms with Crippen LogP contribution >= 0.6 is 11.8 Å². The van der Waals surface area contributed by atoms with Crippen LogP contribution in [0.2, 0.25) is 0 Å². The highest BCUT2D eigenvalue weighted by Gasteiger charge is 2.17. The molecule has 0 spiro atoms. The molecule has 1 saturated carbocycles. The van der Waals surface area contributed by atoms with Gasteiger partial charge in [0.2, 0.25) is 0 Å². The van der Waals surface area contributed by atoms with Gasteiger partial charge in [0.15, 0.2) is 0 Å². The lowest BCUT2D eigenvalue weighted by Gasteiger charge is -2.09. The normalized spacial score (nSPS) is 18.7. The molecule has 1 unspecified atom stereocenters. The molecule has 0 bridgehead atoms. The van der Waals surface area contributed by atoms with E-state index in [9.17, 15) is 0 Å². The molecule has 17 heavy (non-hydrogen) atoms. The highest BCUT2D eigenvalue weighted by Crippen LogP contribution is 2.29. The summed E-state index contributed by atoms with van der Waals surface area (Å²) < 4.78 is 2.15. The summed E-state index contributed by atoms with van der Waals surface area (Å²) in [7, 11) is 0. The zero-order chi connectivity index (χ0) is 12.1. The summed E-state index contributed by atoms with van der Waals surface area (Å²) in [5, 5.41) is 14.0. The van der Waals surface area contributed by atoms with Crippen molar-refractivity contribution in [1.29, 1.82) is 0 Å². The van der Waals surface area contributed by atoms with E-state index < -0.39 is 0 Å². The smallest absolute Gasteiger partial charge is 0.0723 e. The van der Waals surface area contributed by atoms with E-state index in [1.807, 2.05) is 11.8 Å². The van der Waals surface area contributed by atoms with E-state index in [4.69, 9.17) is 5.11 Å². The standard InChI is InChI=1S/C13H22N2OS/c1-11(7-9-16)17-10-12-6-8-15(14-12)13-4-2-3-5-13/h6,8,11,13,16H,2-5,7,9-10H2,1H3. The van der Waals surface area contributed by atoms with Gasteiger partial charge in [-0.1, -0.05) is 19.8 Å². The van der Waals surface area contributed by atoms with Crippen molar-refractivity contribution >= 4 is 11.8 Å². The molecule has 2 rings (SSSR count). The zero-order valence-electron chi connectivity index (χ0n) is 10.5. The van der Waals surface area contributed by atoms with Crippen LogP contribution in [0, 0.1) is 0 Å². The third-order valence-corrected chi connectivity index (χ3v) is 4.68. The van der Waals surface area contributed by atoms with Gasteiger partial charge in [-0.25, -0.2) is 0 Å². The average molecular weight is 254 g/mol. The largest absolute Gasteiger partial charge is 0.396 e. The van der Waals surface area contributed by atoms with Crippen molar-refractivity contribution in [3.63, 3.8) is 0 Å². The minimum absolute atomic E-state index is 0.282. The van der Waals surface area contributed by atoms with Gasteiger partial charge in [0, 0.05) is 23.8 Å². The van der Waals surface area contributed by atoms with E-state index >= 15 is 0 Å². The first-order chi connectivity index (χ1) is 8.29. The second-order valence-corrected chi connectivity index (χ2v) is 6.29. The molecule has 1 aromatic rings. The molecule has 0 radical (unpaired) electrons. The van der Waals surface area contributed by atoms with E-state index in [1.165, 1.54) is 31.4 Å². The van der Waals surface area contributed by atoms with Crippen LogP contribution in [0.3, 0.4) is 0 Å². The summed E-state index contributed by atoms with van der Waals surface area (Å²) in [5.74, 6) is 0.959. The van der Waals surface area contributed by atoms with Crippen molar-refractivity contribution in [2.24, 2.45) is 0 Å². The Morgan fingerprint density at radius 3 is 3.00 bits per heavy atom. The maximum absolute atomic E-state index is 8.85. The molecule has 1 aromatic heterocycles. The van der Waals surface area contributed by atoms with Gasteiger partial charge in [-0.05, 0) is 25.3 Å². The van der Waals surface area contributed by atoms with E-state index in [0.29, 0.717) is 11.3 Å². The molecule has 1 aliphatic carbocycles. The number of hydrogen-bond donors (Lipinski definition) is 1. The Bertz CT molecular complexity index is 334. The van der Waals surface area contributed by atoms with Gasteiger partial charge in [-0.15, -0.1) is 0 Å². The average Bonchev–Trinajstić information content (AvgIpc) is 2.97. The molecule has 0 aromatic carbocycles. The second-order valence-electron chi connectivity index (χ2n) is 4.86. The van der Waals surface area contributed by atoms with E-state index in [-0.39, 0.29) is 6.61 Å². The Labute approximate surface area is 108 Å². The highest BCUT2D eigenvalue weighted by molar-refractivity contribution is 7.99. The summed E-state index contributed by atoms with van der Waals surface area (Å²) in [6.45, 7) is 2.44. The van der Waals surface area contributed by atoms with Gasteiger partial charge in [0.25, 0.3) is 0 Å². The number of rotatable bonds is 6. The molecule has 1 atom stereocenters. The quantitative estimate of drug-likeness (QED) is 0.848. The Balaban J connectivity index is 1.81. The first kappa shape index (κ1) is 13.0. The molecule has 1 heterocycles. The van der Waals surface area contributed by atoms with Gasteiger partial charge in [-0.2, -0.15) is 16.9 Å². The van der Waals surface area contributed by atoms with Crippen molar-refractivity contribution in [2.45, 2.75) is 56.1 Å². The SMILES string of the molecule is CC(CCO)SCc1ccn(C2CCCC2)n1. The molecule has 0 aliphatic heterocycles. The van der Waals surface area contributed by atoms with E-state index in [1.54, 1.807) is 0 Å². The van der Waals surface area contributed by atoms with Crippen LogP contribution in [0.1, 0.15) is 50.8 Å². The fourth-order valence-corrected chi connectivity index (χ4v) is 3.20. The van der Waals surface area contributed by atoms with E-state index in [0.717, 1.165) is 12.2 Å². The number of thioether (sulfide) groups is 1. The fourth-order valence-electron chi connectivity index (χ4n) is 2.32. The predicted molar refractivity (Wildman–Crippen MR) is 72.2 cm³/mol. The number of nitrogens with zero attached hydrogens (tertiary/aromatic N) is 2. The number of aliphatic hydroxyl groups excluding tert-OH is 1. The van der Waals surface area contributed by atoms with Crippen LogP contribution in [0.15, 0.2) is 12.3 Å². The lowest BCUT2D eigenvalue weighted by Crippen LogP contribution is -2.06. The van der Waals surface area contributed by atoms with Gasteiger partial charge >= 0.3 is 0 Å². The molecule has 96 valence electrons. The summed E-state index contributed by atoms with van der Waals surface area (Å²) in [6.07, 6.45) is 8.27. The molecule has 0 saturated heterocycles. The van der Waals surface area contributed by atoms with Crippen LogP contribution in [-0.4, -0.2) is 26.7 Å². The third kappa shape index (κ3) is 3.75.